The number of fused-ring (bicyclic) bond motifs is 1. The van der Waals surface area contributed by atoms with Gasteiger partial charge in [0.05, 0.1) is 6.54 Å². The van der Waals surface area contributed by atoms with E-state index < -0.39 is 0 Å². The summed E-state index contributed by atoms with van der Waals surface area (Å²) < 4.78 is 0. The molecule has 6 nitrogen and oxygen atoms in total. The lowest BCUT2D eigenvalue weighted by Gasteiger charge is -2.34. The zero-order valence-corrected chi connectivity index (χ0v) is 20.6. The predicted molar refractivity (Wildman–Crippen MR) is 137 cm³/mol. The molecule has 2 aromatic carbocycles. The Balaban J connectivity index is 1.60. The Kier molecular flexibility index (Phi) is 9.27. The van der Waals surface area contributed by atoms with E-state index in [-0.39, 0.29) is 11.7 Å². The van der Waals surface area contributed by atoms with Crippen LogP contribution in [0.15, 0.2) is 36.4 Å². The molecule has 1 amide bonds. The number of amides is 1. The number of piperidine rings is 1. The largest absolute Gasteiger partial charge is 0.365 e. The number of nitrogens with zero attached hydrogens (tertiary/aromatic N) is 3. The molecule has 0 spiro atoms. The van der Waals surface area contributed by atoms with Crippen LogP contribution in [0.5, 0.6) is 0 Å². The van der Waals surface area contributed by atoms with Gasteiger partial charge in [0.25, 0.3) is 0 Å². The van der Waals surface area contributed by atoms with Crippen molar-refractivity contribution in [2.24, 2.45) is 5.73 Å². The molecular formula is C27H40N4O2. The number of anilines is 1. The zero-order chi connectivity index (χ0) is 23.8. The maximum absolute atomic E-state index is 13.2. The van der Waals surface area contributed by atoms with E-state index in [0.717, 1.165) is 42.4 Å². The van der Waals surface area contributed by atoms with Gasteiger partial charge in [-0.15, -0.1) is 0 Å². The molecule has 6 heteroatoms. The molecule has 0 aliphatic carbocycles. The fraction of sp³-hybridized carbons (Fsp3) is 0.556. The van der Waals surface area contributed by atoms with Gasteiger partial charge < -0.3 is 20.4 Å². The minimum absolute atomic E-state index is 0.0657. The van der Waals surface area contributed by atoms with E-state index in [9.17, 15) is 9.59 Å². The molecule has 0 saturated carbocycles. The highest BCUT2D eigenvalue weighted by molar-refractivity contribution is 5.99. The molecular weight excluding hydrogens is 412 g/mol. The Morgan fingerprint density at radius 2 is 1.79 bits per heavy atom. The average molecular weight is 453 g/mol. The van der Waals surface area contributed by atoms with Crippen molar-refractivity contribution in [1.29, 1.82) is 0 Å². The summed E-state index contributed by atoms with van der Waals surface area (Å²) in [5, 5.41) is 2.09. The molecule has 1 atom stereocenters. The number of benzene rings is 2. The summed E-state index contributed by atoms with van der Waals surface area (Å²) in [7, 11) is 1.96. The lowest BCUT2D eigenvalue weighted by atomic mass is 10.0. The summed E-state index contributed by atoms with van der Waals surface area (Å²) in [6.45, 7) is 8.55. The van der Waals surface area contributed by atoms with Crippen molar-refractivity contribution in [3.05, 3.63) is 42.0 Å². The molecule has 1 aliphatic rings. The van der Waals surface area contributed by atoms with Crippen LogP contribution >= 0.6 is 0 Å². The maximum Gasteiger partial charge on any atom is 0.242 e. The summed E-state index contributed by atoms with van der Waals surface area (Å²) >= 11 is 0. The number of nitrogens with two attached hydrogens (primary N) is 1. The normalized spacial score (nSPS) is 16.7. The molecule has 2 aromatic rings. The van der Waals surface area contributed by atoms with Crippen LogP contribution in [-0.2, 0) is 4.79 Å². The number of carbonyl (C=O) groups is 2. The molecule has 180 valence electrons. The second kappa shape index (κ2) is 12.1. The van der Waals surface area contributed by atoms with E-state index in [1.54, 1.807) is 6.92 Å². The summed E-state index contributed by atoms with van der Waals surface area (Å²) in [5.41, 5.74) is 7.45. The smallest absolute Gasteiger partial charge is 0.242 e. The number of likely N-dealkylation sites (tertiary alicyclic amines) is 1. The van der Waals surface area contributed by atoms with Gasteiger partial charge >= 0.3 is 0 Å². The Bertz CT molecular complexity index is 945. The van der Waals surface area contributed by atoms with Gasteiger partial charge in [-0.2, -0.15) is 0 Å². The first-order valence-electron chi connectivity index (χ1n) is 12.4. The molecule has 3 rings (SSSR count). The molecule has 33 heavy (non-hydrogen) atoms. The third-order valence-electron chi connectivity index (χ3n) is 6.84. The summed E-state index contributed by atoms with van der Waals surface area (Å²) in [6, 6.07) is 12.5. The fourth-order valence-corrected chi connectivity index (χ4v) is 4.68. The minimum Gasteiger partial charge on any atom is -0.365 e. The van der Waals surface area contributed by atoms with Crippen molar-refractivity contribution in [2.45, 2.75) is 52.0 Å². The van der Waals surface area contributed by atoms with Gasteiger partial charge in [-0.3, -0.25) is 9.59 Å². The number of hydrogen-bond acceptors (Lipinski definition) is 5. The SMILES string of the molecule is CC(=O)c1ccc2cc(N(C)CC(=O)N(CCCN)CCCN3CCCCC3C)ccc2c1. The van der Waals surface area contributed by atoms with Crippen molar-refractivity contribution < 1.29 is 9.59 Å². The van der Waals surface area contributed by atoms with Crippen LogP contribution < -0.4 is 10.6 Å². The third kappa shape index (κ3) is 7.02. The molecule has 0 radical (unpaired) electrons. The summed E-state index contributed by atoms with van der Waals surface area (Å²) in [4.78, 5) is 31.3. The van der Waals surface area contributed by atoms with Crippen molar-refractivity contribution in [3.63, 3.8) is 0 Å². The van der Waals surface area contributed by atoms with Crippen LogP contribution in [0.3, 0.4) is 0 Å². The Morgan fingerprint density at radius 1 is 1.06 bits per heavy atom. The molecule has 1 unspecified atom stereocenters. The second-order valence-corrected chi connectivity index (χ2v) is 9.42. The van der Waals surface area contributed by atoms with Gasteiger partial charge in [-0.1, -0.05) is 24.6 Å². The van der Waals surface area contributed by atoms with Crippen molar-refractivity contribution in [2.75, 3.05) is 51.2 Å². The first kappa shape index (κ1) is 25.2. The Morgan fingerprint density at radius 3 is 2.52 bits per heavy atom. The van der Waals surface area contributed by atoms with Crippen molar-refractivity contribution in [1.82, 2.24) is 9.80 Å². The monoisotopic (exact) mass is 452 g/mol. The van der Waals surface area contributed by atoms with Gasteiger partial charge in [0.1, 0.15) is 0 Å². The highest BCUT2D eigenvalue weighted by atomic mass is 16.2. The lowest BCUT2D eigenvalue weighted by Crippen LogP contribution is -2.43. The van der Waals surface area contributed by atoms with Gasteiger partial charge in [0.15, 0.2) is 5.78 Å². The van der Waals surface area contributed by atoms with Crippen LogP contribution in [0.2, 0.25) is 0 Å². The molecule has 1 fully saturated rings. The topological polar surface area (TPSA) is 69.9 Å². The van der Waals surface area contributed by atoms with E-state index >= 15 is 0 Å². The molecule has 1 saturated heterocycles. The molecule has 1 aliphatic heterocycles. The van der Waals surface area contributed by atoms with Gasteiger partial charge in [0, 0.05) is 44.0 Å². The van der Waals surface area contributed by atoms with Crippen LogP contribution in [0.4, 0.5) is 5.69 Å². The van der Waals surface area contributed by atoms with Gasteiger partial charge in [-0.05, 0) is 81.6 Å². The van der Waals surface area contributed by atoms with Gasteiger partial charge in [-0.25, -0.2) is 0 Å². The Labute approximate surface area is 198 Å². The molecule has 0 bridgehead atoms. The Hall–Kier alpha value is -2.44. The first-order chi connectivity index (χ1) is 15.9. The molecule has 2 N–H and O–H groups in total. The summed E-state index contributed by atoms with van der Waals surface area (Å²) in [6.07, 6.45) is 5.72. The van der Waals surface area contributed by atoms with E-state index in [1.807, 2.05) is 47.2 Å². The number of carbonyl (C=O) groups excluding carboxylic acids is 2. The van der Waals surface area contributed by atoms with Crippen molar-refractivity contribution >= 4 is 28.2 Å². The number of Topliss-reactive ketones (excluding diaryl/α,β-unsaturated/α-hetero) is 1. The second-order valence-electron chi connectivity index (χ2n) is 9.42. The number of rotatable bonds is 11. The number of likely N-dealkylation sites (N-methyl/N-ethyl adjacent to an activating group) is 1. The fourth-order valence-electron chi connectivity index (χ4n) is 4.68. The van der Waals surface area contributed by atoms with E-state index in [4.69, 9.17) is 5.73 Å². The van der Waals surface area contributed by atoms with Crippen LogP contribution in [-0.4, -0.2) is 73.8 Å². The van der Waals surface area contributed by atoms with E-state index in [2.05, 4.69) is 17.9 Å². The number of hydrogen-bond donors (Lipinski definition) is 1. The highest BCUT2D eigenvalue weighted by Crippen LogP contribution is 2.23. The van der Waals surface area contributed by atoms with Crippen LogP contribution in [0, 0.1) is 0 Å². The highest BCUT2D eigenvalue weighted by Gasteiger charge is 2.20. The van der Waals surface area contributed by atoms with Crippen LogP contribution in [0.25, 0.3) is 10.8 Å². The standard InChI is InChI=1S/C27H40N4O2/c1-21-8-4-5-14-30(21)16-7-17-31(15-6-13-28)27(33)20-29(3)26-12-11-24-18-23(22(2)32)9-10-25(24)19-26/h9-12,18-19,21H,4-8,13-17,20,28H2,1-3H3. The summed E-state index contributed by atoms with van der Waals surface area (Å²) in [5.74, 6) is 0.209. The predicted octanol–water partition coefficient (Wildman–Crippen LogP) is 3.92. The minimum atomic E-state index is 0.0657. The third-order valence-corrected chi connectivity index (χ3v) is 6.84. The van der Waals surface area contributed by atoms with Crippen LogP contribution in [0.1, 0.15) is 56.3 Å². The maximum atomic E-state index is 13.2. The van der Waals surface area contributed by atoms with E-state index in [1.165, 1.54) is 25.8 Å². The zero-order valence-electron chi connectivity index (χ0n) is 20.6. The van der Waals surface area contributed by atoms with E-state index in [0.29, 0.717) is 31.2 Å². The van der Waals surface area contributed by atoms with Crippen molar-refractivity contribution in [3.8, 4) is 0 Å². The first-order valence-corrected chi connectivity index (χ1v) is 12.4. The molecule has 0 aromatic heterocycles. The van der Waals surface area contributed by atoms with Gasteiger partial charge in [0.2, 0.25) is 5.91 Å². The average Bonchev–Trinajstić information content (AvgIpc) is 2.81. The number of ketones is 1. The molecule has 1 heterocycles. The quantitative estimate of drug-likeness (QED) is 0.523. The lowest BCUT2D eigenvalue weighted by molar-refractivity contribution is -0.129.